The number of nitrogens with zero attached hydrogens (tertiary/aromatic N) is 1. The number of hydrogen-bond acceptors (Lipinski definition) is 4. The van der Waals surface area contributed by atoms with Crippen LogP contribution in [-0.2, 0) is 14.8 Å². The van der Waals surface area contributed by atoms with E-state index in [0.717, 1.165) is 17.8 Å². The van der Waals surface area contributed by atoms with Crippen LogP contribution in [-0.4, -0.2) is 31.2 Å². The molecule has 0 radical (unpaired) electrons. The molecular formula is C16H15Cl3N2O3S2. The fraction of sp³-hybridized carbons (Fsp3) is 0.312. The molecule has 0 saturated carbocycles. The predicted octanol–water partition coefficient (Wildman–Crippen LogP) is 4.89. The van der Waals surface area contributed by atoms with Gasteiger partial charge < -0.3 is 5.32 Å². The van der Waals surface area contributed by atoms with Crippen molar-refractivity contribution in [1.82, 2.24) is 4.31 Å². The second-order valence-electron chi connectivity index (χ2n) is 5.83. The van der Waals surface area contributed by atoms with Gasteiger partial charge >= 0.3 is 0 Å². The molecule has 2 aromatic rings. The van der Waals surface area contributed by atoms with Gasteiger partial charge in [-0.2, -0.15) is 4.31 Å². The quantitative estimate of drug-likeness (QED) is 0.716. The minimum absolute atomic E-state index is 0.132. The lowest BCUT2D eigenvalue weighted by atomic mass is 10.0. The van der Waals surface area contributed by atoms with Crippen molar-refractivity contribution in [2.45, 2.75) is 29.5 Å². The summed E-state index contributed by atoms with van der Waals surface area (Å²) in [5.74, 6) is -0.408. The van der Waals surface area contributed by atoms with Crippen LogP contribution in [0.4, 0.5) is 5.69 Å². The number of benzene rings is 1. The molecule has 1 saturated heterocycles. The number of carbonyl (C=O) groups excluding carboxylic acids is 1. The second-order valence-corrected chi connectivity index (χ2v) is 10.5. The van der Waals surface area contributed by atoms with Gasteiger partial charge in [0.25, 0.3) is 10.0 Å². The van der Waals surface area contributed by atoms with Crippen LogP contribution in [0, 0.1) is 0 Å². The Morgan fingerprint density at radius 2 is 1.81 bits per heavy atom. The van der Waals surface area contributed by atoms with Gasteiger partial charge in [-0.3, -0.25) is 4.79 Å². The number of halogens is 3. The number of piperidine rings is 1. The van der Waals surface area contributed by atoms with E-state index in [-0.39, 0.29) is 10.8 Å². The van der Waals surface area contributed by atoms with E-state index >= 15 is 0 Å². The first-order chi connectivity index (χ1) is 12.3. The number of rotatable bonds is 4. The minimum Gasteiger partial charge on any atom is -0.325 e. The molecular weight excluding hydrogens is 439 g/mol. The van der Waals surface area contributed by atoms with Gasteiger partial charge in [0.05, 0.1) is 4.34 Å². The van der Waals surface area contributed by atoms with Crippen LogP contribution < -0.4 is 5.32 Å². The summed E-state index contributed by atoms with van der Waals surface area (Å²) in [7, 11) is -3.79. The largest absolute Gasteiger partial charge is 0.325 e. The van der Waals surface area contributed by atoms with Gasteiger partial charge in [0, 0.05) is 22.3 Å². The average Bonchev–Trinajstić information content (AvgIpc) is 3.01. The molecule has 10 heteroatoms. The molecule has 0 unspecified atom stereocenters. The molecule has 140 valence electrons. The molecule has 0 bridgehead atoms. The summed E-state index contributed by atoms with van der Waals surface area (Å²) in [4.78, 5) is 12.8. The molecule has 0 spiro atoms. The highest BCUT2D eigenvalue weighted by atomic mass is 35.5. The van der Waals surface area contributed by atoms with Crippen LogP contribution in [0.2, 0.25) is 14.4 Å². The molecule has 1 aliphatic heterocycles. The average molecular weight is 454 g/mol. The molecule has 0 aliphatic carbocycles. The summed E-state index contributed by atoms with van der Waals surface area (Å²) < 4.78 is 27.6. The molecule has 5 nitrogen and oxygen atoms in total. The third kappa shape index (κ3) is 4.35. The fourth-order valence-corrected chi connectivity index (χ4v) is 6.65. The molecule has 1 amide bonds. The highest BCUT2D eigenvalue weighted by molar-refractivity contribution is 7.91. The number of hydrogen-bond donors (Lipinski definition) is 1. The number of anilines is 1. The zero-order valence-corrected chi connectivity index (χ0v) is 17.3. The van der Waals surface area contributed by atoms with Gasteiger partial charge in [0.2, 0.25) is 5.91 Å². The summed E-state index contributed by atoms with van der Waals surface area (Å²) in [6, 6.07) is 6.87. The Morgan fingerprint density at radius 3 is 2.42 bits per heavy atom. The van der Waals surface area contributed by atoms with Gasteiger partial charge in [0.1, 0.15) is 10.3 Å². The molecule has 1 atom stereocenters. The van der Waals surface area contributed by atoms with Crippen molar-refractivity contribution in [2.75, 3.05) is 11.9 Å². The Balaban J connectivity index is 1.85. The lowest BCUT2D eigenvalue weighted by Gasteiger charge is -2.33. The van der Waals surface area contributed by atoms with E-state index in [2.05, 4.69) is 5.32 Å². The van der Waals surface area contributed by atoms with E-state index in [9.17, 15) is 13.2 Å². The first kappa shape index (κ1) is 19.9. The van der Waals surface area contributed by atoms with Crippen LogP contribution in [0.5, 0.6) is 0 Å². The number of sulfonamides is 1. The Labute approximate surface area is 170 Å². The van der Waals surface area contributed by atoms with Crippen LogP contribution >= 0.6 is 46.1 Å². The van der Waals surface area contributed by atoms with Gasteiger partial charge in [-0.1, -0.05) is 41.2 Å². The van der Waals surface area contributed by atoms with E-state index in [1.807, 2.05) is 0 Å². The molecule has 1 aromatic heterocycles. The summed E-state index contributed by atoms with van der Waals surface area (Å²) >= 11 is 18.8. The summed E-state index contributed by atoms with van der Waals surface area (Å²) in [6.07, 6.45) is 1.91. The van der Waals surface area contributed by atoms with Gasteiger partial charge in [-0.05, 0) is 43.2 Å². The Kier molecular flexibility index (Phi) is 6.16. The van der Waals surface area contributed by atoms with E-state index in [1.54, 1.807) is 18.2 Å². The van der Waals surface area contributed by atoms with Crippen LogP contribution in [0.1, 0.15) is 19.3 Å². The molecule has 1 aromatic carbocycles. The van der Waals surface area contributed by atoms with Gasteiger partial charge in [-0.25, -0.2) is 8.42 Å². The summed E-state index contributed by atoms with van der Waals surface area (Å²) in [5, 5.41) is 3.48. The molecule has 26 heavy (non-hydrogen) atoms. The maximum Gasteiger partial charge on any atom is 0.253 e. The van der Waals surface area contributed by atoms with Crippen molar-refractivity contribution in [3.8, 4) is 0 Å². The Morgan fingerprint density at radius 1 is 1.12 bits per heavy atom. The van der Waals surface area contributed by atoms with Crippen molar-refractivity contribution >= 4 is 67.8 Å². The summed E-state index contributed by atoms with van der Waals surface area (Å²) in [6.45, 7) is 0.284. The topological polar surface area (TPSA) is 66.5 Å². The molecule has 1 fully saturated rings. The third-order valence-corrected chi connectivity index (χ3v) is 8.04. The van der Waals surface area contributed by atoms with E-state index < -0.39 is 22.0 Å². The monoisotopic (exact) mass is 452 g/mol. The number of carbonyl (C=O) groups is 1. The van der Waals surface area contributed by atoms with Crippen molar-refractivity contribution in [3.05, 3.63) is 44.7 Å². The fourth-order valence-electron chi connectivity index (χ4n) is 2.86. The molecule has 2 heterocycles. The summed E-state index contributed by atoms with van der Waals surface area (Å²) in [5.41, 5.74) is 0.426. The molecule has 3 rings (SSSR count). The van der Waals surface area contributed by atoms with E-state index in [0.29, 0.717) is 32.9 Å². The smallest absolute Gasteiger partial charge is 0.253 e. The SMILES string of the molecule is O=C(Nc1cc(Cl)cc(Cl)c1)[C@@H]1CCCCN1S(=O)(=O)c1ccc(Cl)s1. The van der Waals surface area contributed by atoms with Gasteiger partial charge in [-0.15, -0.1) is 11.3 Å². The van der Waals surface area contributed by atoms with Crippen molar-refractivity contribution in [3.63, 3.8) is 0 Å². The van der Waals surface area contributed by atoms with E-state index in [1.165, 1.54) is 16.4 Å². The minimum atomic E-state index is -3.79. The normalized spacial score (nSPS) is 18.7. The first-order valence-corrected chi connectivity index (χ1v) is 11.2. The van der Waals surface area contributed by atoms with Crippen molar-refractivity contribution in [2.24, 2.45) is 0 Å². The number of amides is 1. The van der Waals surface area contributed by atoms with Crippen molar-refractivity contribution < 1.29 is 13.2 Å². The second kappa shape index (κ2) is 8.04. The standard InChI is InChI=1S/C16H15Cl3N2O3S2/c17-10-7-11(18)9-12(8-10)20-16(22)13-3-1-2-6-21(13)26(23,24)15-5-4-14(19)25-15/h4-5,7-9,13H,1-3,6H2,(H,20,22)/t13-/m0/s1. The Hall–Kier alpha value is -0.830. The maximum atomic E-state index is 12.9. The zero-order chi connectivity index (χ0) is 18.9. The van der Waals surface area contributed by atoms with Crippen LogP contribution in [0.3, 0.4) is 0 Å². The Bertz CT molecular complexity index is 910. The molecule has 1 aliphatic rings. The van der Waals surface area contributed by atoms with Gasteiger partial charge in [0.15, 0.2) is 0 Å². The van der Waals surface area contributed by atoms with Crippen molar-refractivity contribution in [1.29, 1.82) is 0 Å². The lowest BCUT2D eigenvalue weighted by Crippen LogP contribution is -2.49. The number of nitrogens with one attached hydrogen (secondary N) is 1. The zero-order valence-electron chi connectivity index (χ0n) is 13.4. The van der Waals surface area contributed by atoms with E-state index in [4.69, 9.17) is 34.8 Å². The number of thiophene rings is 1. The molecule has 1 N–H and O–H groups in total. The highest BCUT2D eigenvalue weighted by Gasteiger charge is 2.38. The van der Waals surface area contributed by atoms with Crippen LogP contribution in [0.15, 0.2) is 34.5 Å². The lowest BCUT2D eigenvalue weighted by molar-refractivity contribution is -0.120. The predicted molar refractivity (Wildman–Crippen MR) is 106 cm³/mol. The maximum absolute atomic E-state index is 12.9. The first-order valence-electron chi connectivity index (χ1n) is 7.81. The highest BCUT2D eigenvalue weighted by Crippen LogP contribution is 2.32. The third-order valence-electron chi connectivity index (χ3n) is 4.00. The van der Waals surface area contributed by atoms with Crippen LogP contribution in [0.25, 0.3) is 0 Å².